The third-order valence-electron chi connectivity index (χ3n) is 3.41. The van der Waals surface area contributed by atoms with Gasteiger partial charge in [-0.2, -0.15) is 0 Å². The molecule has 1 atom stereocenters. The van der Waals surface area contributed by atoms with Crippen molar-refractivity contribution in [1.82, 2.24) is 0 Å². The number of nitro groups is 1. The van der Waals surface area contributed by atoms with Gasteiger partial charge in [-0.05, 0) is 31.4 Å². The molecule has 1 fully saturated rings. The molecule has 0 saturated heterocycles. The quantitative estimate of drug-likeness (QED) is 0.601. The Kier molecular flexibility index (Phi) is 2.35. The fraction of sp³-hybridized carbons (Fsp3) is 0.455. The highest BCUT2D eigenvalue weighted by Gasteiger charge is 2.48. The molecule has 0 aliphatic heterocycles. The molecule has 0 bridgehead atoms. The number of nitro benzene ring substituents is 1. The van der Waals surface area contributed by atoms with E-state index in [4.69, 9.17) is 5.73 Å². The molecule has 86 valence electrons. The van der Waals surface area contributed by atoms with Crippen LogP contribution >= 0.6 is 0 Å². The van der Waals surface area contributed by atoms with Gasteiger partial charge < -0.3 is 10.8 Å². The summed E-state index contributed by atoms with van der Waals surface area (Å²) in [6, 6.07) is 4.50. The Morgan fingerprint density at radius 2 is 2.19 bits per heavy atom. The fourth-order valence-electron chi connectivity index (χ4n) is 2.12. The van der Waals surface area contributed by atoms with Crippen LogP contribution in [-0.2, 0) is 5.41 Å². The van der Waals surface area contributed by atoms with Crippen molar-refractivity contribution in [3.63, 3.8) is 0 Å². The summed E-state index contributed by atoms with van der Waals surface area (Å²) in [7, 11) is 0. The summed E-state index contributed by atoms with van der Waals surface area (Å²) in [6.07, 6.45) is 1.90. The number of phenolic OH excluding ortho intramolecular Hbond substituents is 1. The minimum Gasteiger partial charge on any atom is -0.502 e. The lowest BCUT2D eigenvalue weighted by Gasteiger charge is -2.19. The van der Waals surface area contributed by atoms with E-state index in [9.17, 15) is 15.2 Å². The summed E-state index contributed by atoms with van der Waals surface area (Å²) >= 11 is 0. The van der Waals surface area contributed by atoms with Crippen LogP contribution in [0.4, 0.5) is 5.69 Å². The van der Waals surface area contributed by atoms with E-state index in [1.54, 1.807) is 6.07 Å². The van der Waals surface area contributed by atoms with E-state index in [1.807, 2.05) is 6.92 Å². The Hall–Kier alpha value is -1.62. The zero-order valence-corrected chi connectivity index (χ0v) is 9.01. The maximum atomic E-state index is 10.7. The van der Waals surface area contributed by atoms with Gasteiger partial charge in [0, 0.05) is 17.5 Å². The van der Waals surface area contributed by atoms with Crippen LogP contribution in [0.1, 0.15) is 25.3 Å². The van der Waals surface area contributed by atoms with Crippen LogP contribution in [0.5, 0.6) is 5.75 Å². The molecule has 1 saturated carbocycles. The van der Waals surface area contributed by atoms with Crippen molar-refractivity contribution in [2.45, 2.75) is 31.2 Å². The third-order valence-corrected chi connectivity index (χ3v) is 3.41. The molecule has 0 amide bonds. The molecule has 1 aliphatic rings. The van der Waals surface area contributed by atoms with Gasteiger partial charge in [-0.1, -0.05) is 6.07 Å². The molecule has 0 spiro atoms. The van der Waals surface area contributed by atoms with Crippen molar-refractivity contribution in [3.8, 4) is 5.75 Å². The Balaban J connectivity index is 2.44. The fourth-order valence-corrected chi connectivity index (χ4v) is 2.12. The van der Waals surface area contributed by atoms with Gasteiger partial charge in [0.05, 0.1) is 4.92 Å². The van der Waals surface area contributed by atoms with Crippen LogP contribution in [0.3, 0.4) is 0 Å². The predicted octanol–water partition coefficient (Wildman–Crippen LogP) is 1.68. The number of aromatic hydroxyl groups is 1. The standard InChI is InChI=1S/C11H14N2O3/c1-7(12)11(4-5-11)8-2-3-10(14)9(6-8)13(15)16/h2-3,6-7,14H,4-5,12H2,1H3. The molecule has 0 heterocycles. The second-order valence-electron chi connectivity index (χ2n) is 4.41. The van der Waals surface area contributed by atoms with Crippen LogP contribution in [0.15, 0.2) is 18.2 Å². The zero-order valence-electron chi connectivity index (χ0n) is 9.01. The first-order valence-corrected chi connectivity index (χ1v) is 5.21. The van der Waals surface area contributed by atoms with E-state index in [0.29, 0.717) is 0 Å². The first kappa shape index (κ1) is 10.9. The highest BCUT2D eigenvalue weighted by Crippen LogP contribution is 2.51. The van der Waals surface area contributed by atoms with Crippen LogP contribution in [-0.4, -0.2) is 16.1 Å². The summed E-state index contributed by atoms with van der Waals surface area (Å²) in [5, 5.41) is 20.1. The van der Waals surface area contributed by atoms with E-state index in [0.717, 1.165) is 18.4 Å². The maximum absolute atomic E-state index is 10.7. The first-order valence-electron chi connectivity index (χ1n) is 5.21. The average molecular weight is 222 g/mol. The van der Waals surface area contributed by atoms with Crippen molar-refractivity contribution in [3.05, 3.63) is 33.9 Å². The lowest BCUT2D eigenvalue weighted by molar-refractivity contribution is -0.385. The SMILES string of the molecule is CC(N)C1(c2ccc(O)c([N+](=O)[O-])c2)CC1. The van der Waals surface area contributed by atoms with Crippen molar-refractivity contribution in [2.24, 2.45) is 5.73 Å². The number of hydrogen-bond acceptors (Lipinski definition) is 4. The summed E-state index contributed by atoms with van der Waals surface area (Å²) < 4.78 is 0. The van der Waals surface area contributed by atoms with Gasteiger partial charge in [-0.15, -0.1) is 0 Å². The van der Waals surface area contributed by atoms with Crippen molar-refractivity contribution in [1.29, 1.82) is 0 Å². The number of benzene rings is 1. The van der Waals surface area contributed by atoms with E-state index in [1.165, 1.54) is 12.1 Å². The van der Waals surface area contributed by atoms with Gasteiger partial charge in [-0.25, -0.2) is 0 Å². The van der Waals surface area contributed by atoms with Crippen LogP contribution in [0.25, 0.3) is 0 Å². The molecule has 1 aromatic carbocycles. The average Bonchev–Trinajstić information content (AvgIpc) is 2.98. The zero-order chi connectivity index (χ0) is 11.9. The normalized spacial score (nSPS) is 19.1. The molecular weight excluding hydrogens is 208 g/mol. The van der Waals surface area contributed by atoms with Crippen LogP contribution in [0, 0.1) is 10.1 Å². The Bertz CT molecular complexity index is 439. The number of nitrogens with zero attached hydrogens (tertiary/aromatic N) is 1. The second kappa shape index (κ2) is 3.45. The van der Waals surface area contributed by atoms with Crippen LogP contribution < -0.4 is 5.73 Å². The van der Waals surface area contributed by atoms with Gasteiger partial charge in [0.15, 0.2) is 5.75 Å². The largest absolute Gasteiger partial charge is 0.502 e. The van der Waals surface area contributed by atoms with Gasteiger partial charge in [0.1, 0.15) is 0 Å². The monoisotopic (exact) mass is 222 g/mol. The lowest BCUT2D eigenvalue weighted by atomic mass is 9.89. The molecule has 1 unspecified atom stereocenters. The molecule has 2 rings (SSSR count). The number of rotatable bonds is 3. The number of phenols is 1. The first-order chi connectivity index (χ1) is 7.47. The van der Waals surface area contributed by atoms with Crippen molar-refractivity contribution >= 4 is 5.69 Å². The summed E-state index contributed by atoms with van der Waals surface area (Å²) in [6.45, 7) is 1.91. The lowest BCUT2D eigenvalue weighted by Crippen LogP contribution is -2.31. The Labute approximate surface area is 93.0 Å². The molecule has 0 aromatic heterocycles. The van der Waals surface area contributed by atoms with Gasteiger partial charge in [0.2, 0.25) is 0 Å². The summed E-state index contributed by atoms with van der Waals surface area (Å²) in [4.78, 5) is 10.1. The molecule has 1 aliphatic carbocycles. The van der Waals surface area contributed by atoms with Gasteiger partial charge in [-0.3, -0.25) is 10.1 Å². The topological polar surface area (TPSA) is 89.4 Å². The van der Waals surface area contributed by atoms with E-state index in [2.05, 4.69) is 0 Å². The molecule has 5 nitrogen and oxygen atoms in total. The molecule has 16 heavy (non-hydrogen) atoms. The molecule has 1 aromatic rings. The van der Waals surface area contributed by atoms with Gasteiger partial charge >= 0.3 is 5.69 Å². The molecule has 3 N–H and O–H groups in total. The molecule has 0 radical (unpaired) electrons. The minimum absolute atomic E-state index is 0.0309. The van der Waals surface area contributed by atoms with E-state index < -0.39 is 4.92 Å². The van der Waals surface area contributed by atoms with Gasteiger partial charge in [0.25, 0.3) is 0 Å². The third kappa shape index (κ3) is 1.53. The summed E-state index contributed by atoms with van der Waals surface area (Å²) in [5.41, 5.74) is 6.38. The van der Waals surface area contributed by atoms with Crippen LogP contribution in [0.2, 0.25) is 0 Å². The molecule has 5 heteroatoms. The van der Waals surface area contributed by atoms with Crippen molar-refractivity contribution < 1.29 is 10.0 Å². The van der Waals surface area contributed by atoms with E-state index in [-0.39, 0.29) is 22.9 Å². The van der Waals surface area contributed by atoms with E-state index >= 15 is 0 Å². The number of hydrogen-bond donors (Lipinski definition) is 2. The minimum atomic E-state index is -0.573. The highest BCUT2D eigenvalue weighted by molar-refractivity contribution is 5.51. The predicted molar refractivity (Wildman–Crippen MR) is 59.3 cm³/mol. The van der Waals surface area contributed by atoms with Crippen molar-refractivity contribution in [2.75, 3.05) is 0 Å². The summed E-state index contributed by atoms with van der Waals surface area (Å²) in [5.74, 6) is -0.297. The second-order valence-corrected chi connectivity index (χ2v) is 4.41. The maximum Gasteiger partial charge on any atom is 0.310 e. The highest BCUT2D eigenvalue weighted by atomic mass is 16.6. The number of nitrogens with two attached hydrogens (primary N) is 1. The smallest absolute Gasteiger partial charge is 0.310 e. The Morgan fingerprint density at radius 3 is 2.62 bits per heavy atom. The molecular formula is C11H14N2O3. The Morgan fingerprint density at radius 1 is 1.56 bits per heavy atom.